The summed E-state index contributed by atoms with van der Waals surface area (Å²) in [5, 5.41) is 3.22. The van der Waals surface area contributed by atoms with Crippen LogP contribution in [0.25, 0.3) is 0 Å². The topological polar surface area (TPSA) is 93.4 Å². The van der Waals surface area contributed by atoms with Crippen LogP contribution in [0.1, 0.15) is 35.7 Å². The second kappa shape index (κ2) is 10.1. The second-order valence-corrected chi connectivity index (χ2v) is 8.01. The van der Waals surface area contributed by atoms with Crippen molar-refractivity contribution >= 4 is 29.0 Å². The molecule has 2 aromatic carbocycles. The zero-order valence-corrected chi connectivity index (χ0v) is 18.3. The van der Waals surface area contributed by atoms with E-state index in [0.29, 0.717) is 35.3 Å². The fourth-order valence-electron chi connectivity index (χ4n) is 4.11. The molecule has 2 heterocycles. The molecular weight excluding hydrogens is 402 g/mol. The molecule has 4 rings (SSSR count). The Kier molecular flexibility index (Phi) is 6.84. The number of piperidine rings is 1. The maximum absolute atomic E-state index is 12.0. The molecule has 0 amide bonds. The minimum absolute atomic E-state index is 0.334. The number of rotatable bonds is 7. The smallest absolute Gasteiger partial charge is 0.338 e. The van der Waals surface area contributed by atoms with Gasteiger partial charge in [-0.25, -0.2) is 14.8 Å². The first-order valence-electron chi connectivity index (χ1n) is 11.1. The van der Waals surface area contributed by atoms with Gasteiger partial charge in [0.1, 0.15) is 12.0 Å². The van der Waals surface area contributed by atoms with E-state index in [4.69, 9.17) is 10.5 Å². The number of ether oxygens (including phenoxy) is 1. The van der Waals surface area contributed by atoms with E-state index in [1.807, 2.05) is 6.07 Å². The Morgan fingerprint density at radius 1 is 1.12 bits per heavy atom. The summed E-state index contributed by atoms with van der Waals surface area (Å²) in [6.45, 7) is 3.95. The van der Waals surface area contributed by atoms with E-state index in [1.54, 1.807) is 25.1 Å². The van der Waals surface area contributed by atoms with Crippen LogP contribution in [-0.2, 0) is 11.2 Å². The van der Waals surface area contributed by atoms with Gasteiger partial charge in [0.25, 0.3) is 0 Å². The quantitative estimate of drug-likeness (QED) is 0.534. The number of nitrogens with two attached hydrogens (primary N) is 1. The lowest BCUT2D eigenvalue weighted by Gasteiger charge is -2.33. The van der Waals surface area contributed by atoms with E-state index in [-0.39, 0.29) is 5.97 Å². The largest absolute Gasteiger partial charge is 0.462 e. The van der Waals surface area contributed by atoms with Crippen molar-refractivity contribution in [3.63, 3.8) is 0 Å². The molecule has 1 aliphatic heterocycles. The number of nitrogens with one attached hydrogen (secondary N) is 1. The van der Waals surface area contributed by atoms with Gasteiger partial charge in [-0.05, 0) is 55.9 Å². The van der Waals surface area contributed by atoms with Crippen LogP contribution in [0.3, 0.4) is 0 Å². The number of benzene rings is 2. The van der Waals surface area contributed by atoms with E-state index in [9.17, 15) is 4.79 Å². The summed E-state index contributed by atoms with van der Waals surface area (Å²) >= 11 is 0. The SMILES string of the molecule is CCOC(=O)c1cccc(Nc2ncnc(N3CCC(Cc4ccccc4)CC3)c2N)c1. The first kappa shape index (κ1) is 21.6. The maximum atomic E-state index is 12.0. The van der Waals surface area contributed by atoms with E-state index in [2.05, 4.69) is 50.5 Å². The number of carbonyl (C=O) groups is 1. The Hall–Kier alpha value is -3.61. The van der Waals surface area contributed by atoms with Crippen LogP contribution in [0.2, 0.25) is 0 Å². The normalized spacial score (nSPS) is 14.2. The Bertz CT molecular complexity index is 1050. The summed E-state index contributed by atoms with van der Waals surface area (Å²) in [5.74, 6) is 1.59. The van der Waals surface area contributed by atoms with Gasteiger partial charge >= 0.3 is 5.97 Å². The molecule has 0 atom stereocenters. The summed E-state index contributed by atoms with van der Waals surface area (Å²) in [4.78, 5) is 23.0. The average molecular weight is 432 g/mol. The van der Waals surface area contributed by atoms with Crippen molar-refractivity contribution in [3.8, 4) is 0 Å². The van der Waals surface area contributed by atoms with E-state index < -0.39 is 0 Å². The lowest BCUT2D eigenvalue weighted by molar-refractivity contribution is 0.0526. The van der Waals surface area contributed by atoms with E-state index in [1.165, 1.54) is 11.9 Å². The van der Waals surface area contributed by atoms with Crippen LogP contribution >= 0.6 is 0 Å². The zero-order chi connectivity index (χ0) is 22.3. The number of carbonyl (C=O) groups excluding carboxylic acids is 1. The molecule has 1 aromatic heterocycles. The average Bonchev–Trinajstić information content (AvgIpc) is 2.82. The fourth-order valence-corrected chi connectivity index (χ4v) is 4.11. The van der Waals surface area contributed by atoms with Crippen molar-refractivity contribution in [1.82, 2.24) is 9.97 Å². The highest BCUT2D eigenvalue weighted by Gasteiger charge is 2.23. The number of esters is 1. The van der Waals surface area contributed by atoms with Crippen LogP contribution in [0.4, 0.5) is 23.0 Å². The molecule has 0 radical (unpaired) electrons. The van der Waals surface area contributed by atoms with Crippen LogP contribution in [0.15, 0.2) is 60.9 Å². The molecule has 3 aromatic rings. The molecule has 0 aliphatic carbocycles. The van der Waals surface area contributed by atoms with Crippen molar-refractivity contribution in [2.24, 2.45) is 5.92 Å². The van der Waals surface area contributed by atoms with Gasteiger partial charge in [-0.15, -0.1) is 0 Å². The number of aromatic nitrogens is 2. The van der Waals surface area contributed by atoms with Crippen molar-refractivity contribution in [2.45, 2.75) is 26.2 Å². The molecular formula is C25H29N5O2. The zero-order valence-electron chi connectivity index (χ0n) is 18.3. The lowest BCUT2D eigenvalue weighted by Crippen LogP contribution is -2.35. The third-order valence-corrected chi connectivity index (χ3v) is 5.78. The van der Waals surface area contributed by atoms with Gasteiger partial charge in [0.2, 0.25) is 0 Å². The third kappa shape index (κ3) is 5.17. The predicted octanol–water partition coefficient (Wildman–Crippen LogP) is 4.44. The van der Waals surface area contributed by atoms with Gasteiger partial charge in [0, 0.05) is 18.8 Å². The highest BCUT2D eigenvalue weighted by Crippen LogP contribution is 2.32. The van der Waals surface area contributed by atoms with Crippen LogP contribution in [0.5, 0.6) is 0 Å². The Morgan fingerprint density at radius 3 is 2.66 bits per heavy atom. The number of nitrogens with zero attached hydrogens (tertiary/aromatic N) is 3. The summed E-state index contributed by atoms with van der Waals surface area (Å²) in [6.07, 6.45) is 4.84. The van der Waals surface area contributed by atoms with Gasteiger partial charge in [-0.2, -0.15) is 0 Å². The van der Waals surface area contributed by atoms with Crippen molar-refractivity contribution in [3.05, 3.63) is 72.1 Å². The number of hydrogen-bond donors (Lipinski definition) is 2. The molecule has 0 unspecified atom stereocenters. The third-order valence-electron chi connectivity index (χ3n) is 5.78. The lowest BCUT2D eigenvalue weighted by atomic mass is 9.90. The molecule has 1 saturated heterocycles. The molecule has 0 bridgehead atoms. The predicted molar refractivity (Wildman–Crippen MR) is 127 cm³/mol. The summed E-state index contributed by atoms with van der Waals surface area (Å²) < 4.78 is 5.08. The van der Waals surface area contributed by atoms with Crippen LogP contribution in [-0.4, -0.2) is 35.6 Å². The van der Waals surface area contributed by atoms with Gasteiger partial charge < -0.3 is 20.7 Å². The highest BCUT2D eigenvalue weighted by molar-refractivity contribution is 5.91. The molecule has 32 heavy (non-hydrogen) atoms. The standard InChI is InChI=1S/C25H29N5O2/c1-2-32-25(31)20-9-6-10-21(16-20)29-23-22(26)24(28-17-27-23)30-13-11-19(12-14-30)15-18-7-4-3-5-8-18/h3-10,16-17,19H,2,11-15,26H2,1H3,(H,27,28,29). The molecule has 1 aliphatic rings. The fraction of sp³-hybridized carbons (Fsp3) is 0.320. The number of hydrogen-bond acceptors (Lipinski definition) is 7. The maximum Gasteiger partial charge on any atom is 0.338 e. The monoisotopic (exact) mass is 431 g/mol. The second-order valence-electron chi connectivity index (χ2n) is 8.01. The van der Waals surface area contributed by atoms with Gasteiger partial charge in [0.15, 0.2) is 11.6 Å². The van der Waals surface area contributed by atoms with Gasteiger partial charge in [-0.3, -0.25) is 0 Å². The van der Waals surface area contributed by atoms with Gasteiger partial charge in [-0.1, -0.05) is 36.4 Å². The Balaban J connectivity index is 1.42. The summed E-state index contributed by atoms with van der Waals surface area (Å²) in [6, 6.07) is 17.8. The molecule has 1 fully saturated rings. The first-order chi connectivity index (χ1) is 15.6. The highest BCUT2D eigenvalue weighted by atomic mass is 16.5. The summed E-state index contributed by atoms with van der Waals surface area (Å²) in [7, 11) is 0. The number of nitrogen functional groups attached to an aromatic ring is 1. The molecule has 166 valence electrons. The van der Waals surface area contributed by atoms with Crippen molar-refractivity contribution in [1.29, 1.82) is 0 Å². The van der Waals surface area contributed by atoms with Crippen LogP contribution in [0, 0.1) is 5.92 Å². The minimum atomic E-state index is -0.356. The molecule has 3 N–H and O–H groups in total. The van der Waals surface area contributed by atoms with E-state index in [0.717, 1.165) is 38.2 Å². The van der Waals surface area contributed by atoms with Gasteiger partial charge in [0.05, 0.1) is 12.2 Å². The van der Waals surface area contributed by atoms with Crippen LogP contribution < -0.4 is 16.0 Å². The Labute approximate surface area is 188 Å². The van der Waals surface area contributed by atoms with Crippen molar-refractivity contribution in [2.75, 3.05) is 35.6 Å². The molecule has 7 heteroatoms. The minimum Gasteiger partial charge on any atom is -0.462 e. The molecule has 0 spiro atoms. The Morgan fingerprint density at radius 2 is 1.91 bits per heavy atom. The molecule has 0 saturated carbocycles. The summed E-state index contributed by atoms with van der Waals surface area (Å²) in [5.41, 5.74) is 9.54. The van der Waals surface area contributed by atoms with E-state index >= 15 is 0 Å². The first-order valence-corrected chi connectivity index (χ1v) is 11.1. The molecule has 7 nitrogen and oxygen atoms in total. The van der Waals surface area contributed by atoms with Crippen molar-refractivity contribution < 1.29 is 9.53 Å². The number of anilines is 4.